The third-order valence-corrected chi connectivity index (χ3v) is 4.41. The van der Waals surface area contributed by atoms with Crippen molar-refractivity contribution in [3.63, 3.8) is 0 Å². The second kappa shape index (κ2) is 6.44. The molecule has 2 rings (SSSR count). The van der Waals surface area contributed by atoms with Crippen LogP contribution >= 0.6 is 15.9 Å². The van der Waals surface area contributed by atoms with Gasteiger partial charge < -0.3 is 4.74 Å². The van der Waals surface area contributed by atoms with Crippen LogP contribution in [0.2, 0.25) is 0 Å². The van der Waals surface area contributed by atoms with Gasteiger partial charge in [-0.1, -0.05) is 15.9 Å². The van der Waals surface area contributed by atoms with Crippen molar-refractivity contribution >= 4 is 31.6 Å². The lowest BCUT2D eigenvalue weighted by Crippen LogP contribution is -2.15. The molecule has 0 atom stereocenters. The maximum absolute atomic E-state index is 12.9. The van der Waals surface area contributed by atoms with E-state index in [2.05, 4.69) is 20.7 Å². The van der Waals surface area contributed by atoms with Gasteiger partial charge in [-0.25, -0.2) is 12.8 Å². The Morgan fingerprint density at radius 3 is 2.48 bits per heavy atom. The first kappa shape index (κ1) is 15.8. The summed E-state index contributed by atoms with van der Waals surface area (Å²) in [4.78, 5) is 0. The molecule has 0 aromatic heterocycles. The van der Waals surface area contributed by atoms with Gasteiger partial charge in [-0.2, -0.15) is 0 Å². The van der Waals surface area contributed by atoms with Gasteiger partial charge in [0.25, 0.3) is 0 Å². The minimum atomic E-state index is -3.41. The highest BCUT2D eigenvalue weighted by atomic mass is 79.9. The maximum Gasteiger partial charge on any atom is 0.232 e. The highest BCUT2D eigenvalue weighted by Gasteiger charge is 2.12. The summed E-state index contributed by atoms with van der Waals surface area (Å²) in [7, 11) is -3.41. The first-order chi connectivity index (χ1) is 9.89. The lowest BCUT2D eigenvalue weighted by molar-refractivity contribution is 0.482. The molecule has 0 heterocycles. The molecule has 0 aliphatic rings. The number of benzene rings is 2. The SMILES string of the molecule is CCS(=O)(=O)Nc1ccc(Br)cc1Oc1ccc(F)cc1. The summed E-state index contributed by atoms with van der Waals surface area (Å²) in [6, 6.07) is 10.4. The van der Waals surface area contributed by atoms with Crippen LogP contribution in [0, 0.1) is 5.82 Å². The molecule has 0 bridgehead atoms. The molecule has 0 unspecified atom stereocenters. The van der Waals surface area contributed by atoms with E-state index < -0.39 is 10.0 Å². The van der Waals surface area contributed by atoms with Gasteiger partial charge in [-0.05, 0) is 49.4 Å². The zero-order valence-electron chi connectivity index (χ0n) is 11.1. The summed E-state index contributed by atoms with van der Waals surface area (Å²) in [6.07, 6.45) is 0. The second-order valence-electron chi connectivity index (χ2n) is 4.20. The monoisotopic (exact) mass is 373 g/mol. The molecular weight excluding hydrogens is 361 g/mol. The summed E-state index contributed by atoms with van der Waals surface area (Å²) in [5, 5.41) is 0. The molecule has 21 heavy (non-hydrogen) atoms. The Labute approximate surface area is 131 Å². The van der Waals surface area contributed by atoms with E-state index in [9.17, 15) is 12.8 Å². The molecule has 0 radical (unpaired) electrons. The van der Waals surface area contributed by atoms with Crippen LogP contribution in [-0.4, -0.2) is 14.2 Å². The molecule has 0 saturated carbocycles. The molecule has 0 aliphatic carbocycles. The second-order valence-corrected chi connectivity index (χ2v) is 7.13. The molecule has 2 aromatic rings. The summed E-state index contributed by atoms with van der Waals surface area (Å²) in [5.41, 5.74) is 0.323. The Bertz CT molecular complexity index is 732. The number of sulfonamides is 1. The average molecular weight is 374 g/mol. The van der Waals surface area contributed by atoms with Crippen LogP contribution in [0.25, 0.3) is 0 Å². The van der Waals surface area contributed by atoms with Gasteiger partial charge >= 0.3 is 0 Å². The molecule has 2 aromatic carbocycles. The summed E-state index contributed by atoms with van der Waals surface area (Å²) in [5.74, 6) is 0.321. The topological polar surface area (TPSA) is 55.4 Å². The van der Waals surface area contributed by atoms with Crippen LogP contribution in [0.4, 0.5) is 10.1 Å². The van der Waals surface area contributed by atoms with E-state index in [4.69, 9.17) is 4.74 Å². The van der Waals surface area contributed by atoms with Crippen LogP contribution in [0.1, 0.15) is 6.92 Å². The number of hydrogen-bond donors (Lipinski definition) is 1. The van der Waals surface area contributed by atoms with E-state index in [1.54, 1.807) is 25.1 Å². The first-order valence-corrected chi connectivity index (χ1v) is 8.57. The smallest absolute Gasteiger partial charge is 0.232 e. The lowest BCUT2D eigenvalue weighted by Gasteiger charge is -2.13. The molecule has 0 fully saturated rings. The number of ether oxygens (including phenoxy) is 1. The van der Waals surface area contributed by atoms with E-state index in [1.165, 1.54) is 24.3 Å². The van der Waals surface area contributed by atoms with Crippen molar-refractivity contribution in [2.45, 2.75) is 6.92 Å². The minimum Gasteiger partial charge on any atom is -0.455 e. The fourth-order valence-corrected chi connectivity index (χ4v) is 2.52. The van der Waals surface area contributed by atoms with Gasteiger partial charge in [0.1, 0.15) is 11.6 Å². The van der Waals surface area contributed by atoms with Crippen molar-refractivity contribution in [3.8, 4) is 11.5 Å². The zero-order chi connectivity index (χ0) is 15.5. The summed E-state index contributed by atoms with van der Waals surface area (Å²) >= 11 is 3.30. The maximum atomic E-state index is 12.9. The number of anilines is 1. The van der Waals surface area contributed by atoms with Crippen molar-refractivity contribution in [1.29, 1.82) is 0 Å². The summed E-state index contributed by atoms with van der Waals surface area (Å²) in [6.45, 7) is 1.54. The number of rotatable bonds is 5. The quantitative estimate of drug-likeness (QED) is 0.856. The fourth-order valence-electron chi connectivity index (χ4n) is 1.53. The number of hydrogen-bond acceptors (Lipinski definition) is 3. The predicted octanol–water partition coefficient (Wildman–Crippen LogP) is 4.14. The minimum absolute atomic E-state index is 0.0426. The van der Waals surface area contributed by atoms with Crippen molar-refractivity contribution in [2.75, 3.05) is 10.5 Å². The predicted molar refractivity (Wildman–Crippen MR) is 83.7 cm³/mol. The van der Waals surface area contributed by atoms with Crippen molar-refractivity contribution in [2.24, 2.45) is 0 Å². The van der Waals surface area contributed by atoms with Crippen LogP contribution in [0.3, 0.4) is 0 Å². The van der Waals surface area contributed by atoms with Crippen LogP contribution in [-0.2, 0) is 10.0 Å². The largest absolute Gasteiger partial charge is 0.455 e. The molecule has 0 aliphatic heterocycles. The molecule has 112 valence electrons. The Balaban J connectivity index is 2.33. The van der Waals surface area contributed by atoms with Gasteiger partial charge in [0.05, 0.1) is 11.4 Å². The van der Waals surface area contributed by atoms with Crippen LogP contribution in [0.15, 0.2) is 46.9 Å². The first-order valence-electron chi connectivity index (χ1n) is 6.13. The summed E-state index contributed by atoms with van der Waals surface area (Å²) < 4.78 is 45.0. The van der Waals surface area contributed by atoms with Crippen molar-refractivity contribution in [3.05, 3.63) is 52.8 Å². The van der Waals surface area contributed by atoms with E-state index in [-0.39, 0.29) is 11.6 Å². The van der Waals surface area contributed by atoms with Crippen LogP contribution < -0.4 is 9.46 Å². The standard InChI is InChI=1S/C14H13BrFNO3S/c1-2-21(18,19)17-13-8-3-10(15)9-14(13)20-12-6-4-11(16)5-7-12/h3-9,17H,2H2,1H3. The Morgan fingerprint density at radius 2 is 1.86 bits per heavy atom. The Kier molecular flexibility index (Phi) is 4.84. The number of halogens is 2. The Morgan fingerprint density at radius 1 is 1.19 bits per heavy atom. The average Bonchev–Trinajstić information content (AvgIpc) is 2.44. The molecular formula is C14H13BrFNO3S. The number of nitrogens with one attached hydrogen (secondary N) is 1. The van der Waals surface area contributed by atoms with E-state index in [0.717, 1.165) is 4.47 Å². The van der Waals surface area contributed by atoms with Crippen LogP contribution in [0.5, 0.6) is 11.5 Å². The molecule has 0 saturated heterocycles. The highest BCUT2D eigenvalue weighted by molar-refractivity contribution is 9.10. The van der Waals surface area contributed by atoms with Gasteiger partial charge in [-0.15, -0.1) is 0 Å². The fraction of sp³-hybridized carbons (Fsp3) is 0.143. The molecule has 1 N–H and O–H groups in total. The van der Waals surface area contributed by atoms with E-state index >= 15 is 0 Å². The van der Waals surface area contributed by atoms with Gasteiger partial charge in [0.2, 0.25) is 10.0 Å². The van der Waals surface area contributed by atoms with Gasteiger partial charge in [-0.3, -0.25) is 4.72 Å². The molecule has 0 amide bonds. The third-order valence-electron chi connectivity index (χ3n) is 2.63. The van der Waals surface area contributed by atoms with Crippen molar-refractivity contribution in [1.82, 2.24) is 0 Å². The molecule has 0 spiro atoms. The van der Waals surface area contributed by atoms with Gasteiger partial charge in [0.15, 0.2) is 5.75 Å². The van der Waals surface area contributed by atoms with Crippen molar-refractivity contribution < 1.29 is 17.5 Å². The third kappa shape index (κ3) is 4.44. The van der Waals surface area contributed by atoms with E-state index in [1.807, 2.05) is 0 Å². The normalized spacial score (nSPS) is 11.2. The molecule has 7 heteroatoms. The van der Waals surface area contributed by atoms with Gasteiger partial charge in [0, 0.05) is 4.47 Å². The molecule has 4 nitrogen and oxygen atoms in total. The Hall–Kier alpha value is -1.60. The highest BCUT2D eigenvalue weighted by Crippen LogP contribution is 2.33. The van der Waals surface area contributed by atoms with E-state index in [0.29, 0.717) is 17.2 Å². The zero-order valence-corrected chi connectivity index (χ0v) is 13.5. The lowest BCUT2D eigenvalue weighted by atomic mass is 10.3.